The van der Waals surface area contributed by atoms with E-state index in [-0.39, 0.29) is 12.0 Å². The lowest BCUT2D eigenvalue weighted by atomic mass is 9.96. The number of hydrogen-bond donors (Lipinski definition) is 0. The molecule has 150 valence electrons. The molecular formula is C24H27N3O2. The number of nitrogens with zero attached hydrogens (tertiary/aromatic N) is 3. The summed E-state index contributed by atoms with van der Waals surface area (Å²) in [6.07, 6.45) is 1.62. The second-order valence-corrected chi connectivity index (χ2v) is 8.58. The zero-order valence-corrected chi connectivity index (χ0v) is 17.3. The summed E-state index contributed by atoms with van der Waals surface area (Å²) in [7, 11) is 0. The lowest BCUT2D eigenvalue weighted by molar-refractivity contribution is 0.0196. The fourth-order valence-corrected chi connectivity index (χ4v) is 3.77. The Kier molecular flexibility index (Phi) is 5.22. The molecule has 0 N–H and O–H groups in total. The number of rotatable bonds is 2. The van der Waals surface area contributed by atoms with Gasteiger partial charge < -0.3 is 9.64 Å². The second-order valence-electron chi connectivity index (χ2n) is 8.58. The minimum absolute atomic E-state index is 0.100. The first-order valence-electron chi connectivity index (χ1n) is 10.2. The van der Waals surface area contributed by atoms with Crippen LogP contribution in [0.3, 0.4) is 0 Å². The largest absolute Gasteiger partial charge is 0.444 e. The monoisotopic (exact) mass is 389 g/mol. The average molecular weight is 389 g/mol. The van der Waals surface area contributed by atoms with Crippen molar-refractivity contribution in [3.8, 4) is 11.3 Å². The van der Waals surface area contributed by atoms with Gasteiger partial charge in [-0.2, -0.15) is 0 Å². The summed E-state index contributed by atoms with van der Waals surface area (Å²) >= 11 is 0. The van der Waals surface area contributed by atoms with E-state index >= 15 is 0 Å². The number of ether oxygens (including phenoxy) is 1. The second kappa shape index (κ2) is 7.82. The van der Waals surface area contributed by atoms with Crippen molar-refractivity contribution in [2.24, 2.45) is 0 Å². The van der Waals surface area contributed by atoms with Crippen LogP contribution >= 0.6 is 0 Å². The molecule has 5 nitrogen and oxygen atoms in total. The summed E-state index contributed by atoms with van der Waals surface area (Å²) in [6.45, 7) is 6.98. The van der Waals surface area contributed by atoms with E-state index in [9.17, 15) is 4.79 Å². The number of benzene rings is 2. The highest BCUT2D eigenvalue weighted by Gasteiger charge is 2.30. The van der Waals surface area contributed by atoms with Crippen LogP contribution in [-0.4, -0.2) is 39.7 Å². The van der Waals surface area contributed by atoms with Crippen molar-refractivity contribution in [2.45, 2.75) is 45.1 Å². The van der Waals surface area contributed by atoms with Crippen LogP contribution in [0.1, 0.15) is 45.4 Å². The van der Waals surface area contributed by atoms with Crippen LogP contribution in [0, 0.1) is 0 Å². The molecule has 0 saturated carbocycles. The van der Waals surface area contributed by atoms with E-state index in [1.165, 1.54) is 0 Å². The third kappa shape index (κ3) is 4.39. The van der Waals surface area contributed by atoms with Crippen molar-refractivity contribution in [1.82, 2.24) is 14.9 Å². The zero-order chi connectivity index (χ0) is 20.4. The minimum atomic E-state index is -0.496. The fourth-order valence-electron chi connectivity index (χ4n) is 3.77. The van der Waals surface area contributed by atoms with Crippen LogP contribution in [-0.2, 0) is 4.74 Å². The van der Waals surface area contributed by atoms with E-state index in [2.05, 4.69) is 18.2 Å². The molecule has 2 heterocycles. The number of carbonyl (C=O) groups is 1. The molecule has 0 aliphatic carbocycles. The molecule has 1 atom stereocenters. The van der Waals surface area contributed by atoms with Gasteiger partial charge in [-0.3, -0.25) is 0 Å². The maximum Gasteiger partial charge on any atom is 0.410 e. The summed E-state index contributed by atoms with van der Waals surface area (Å²) in [5.74, 6) is 0.902. The Labute approximate surface area is 171 Å². The molecule has 3 aromatic rings. The lowest BCUT2D eigenvalue weighted by Crippen LogP contribution is -2.42. The topological polar surface area (TPSA) is 55.3 Å². The van der Waals surface area contributed by atoms with Gasteiger partial charge in [0, 0.05) is 30.0 Å². The molecule has 1 saturated heterocycles. The number of hydrogen-bond acceptors (Lipinski definition) is 4. The van der Waals surface area contributed by atoms with Gasteiger partial charge in [0.05, 0.1) is 11.2 Å². The normalized spacial score (nSPS) is 17.3. The van der Waals surface area contributed by atoms with Gasteiger partial charge in [0.15, 0.2) is 0 Å². The molecule has 1 unspecified atom stereocenters. The summed E-state index contributed by atoms with van der Waals surface area (Å²) in [4.78, 5) is 24.2. The number of carbonyl (C=O) groups excluding carboxylic acids is 1. The van der Waals surface area contributed by atoms with Gasteiger partial charge in [-0.1, -0.05) is 48.5 Å². The van der Waals surface area contributed by atoms with Gasteiger partial charge in [0.1, 0.15) is 11.4 Å². The standard InChI is InChI=1S/C24H27N3O2/c1-24(2,3)29-23(28)27-15-9-12-18(16-27)22-25-20-14-8-7-13-19(20)21(26-22)17-10-5-4-6-11-17/h4-8,10-11,13-14,18H,9,12,15-16H2,1-3H3. The predicted octanol–water partition coefficient (Wildman–Crippen LogP) is 5.41. The number of likely N-dealkylation sites (tertiary alicyclic amines) is 1. The molecule has 4 rings (SSSR count). The van der Waals surface area contributed by atoms with Gasteiger partial charge in [-0.15, -0.1) is 0 Å². The molecule has 1 amide bonds. The number of fused-ring (bicyclic) bond motifs is 1. The molecule has 1 aromatic heterocycles. The summed E-state index contributed by atoms with van der Waals surface area (Å²) in [5.41, 5.74) is 2.46. The minimum Gasteiger partial charge on any atom is -0.444 e. The highest BCUT2D eigenvalue weighted by molar-refractivity contribution is 5.92. The van der Waals surface area contributed by atoms with Crippen molar-refractivity contribution >= 4 is 17.0 Å². The zero-order valence-electron chi connectivity index (χ0n) is 17.3. The molecular weight excluding hydrogens is 362 g/mol. The fraction of sp³-hybridized carbons (Fsp3) is 0.375. The smallest absolute Gasteiger partial charge is 0.410 e. The number of aromatic nitrogens is 2. The Morgan fingerprint density at radius 1 is 1.03 bits per heavy atom. The lowest BCUT2D eigenvalue weighted by Gasteiger charge is -2.33. The first-order chi connectivity index (χ1) is 13.9. The summed E-state index contributed by atoms with van der Waals surface area (Å²) < 4.78 is 5.57. The molecule has 5 heteroatoms. The summed E-state index contributed by atoms with van der Waals surface area (Å²) in [5, 5.41) is 1.04. The van der Waals surface area contributed by atoms with Crippen molar-refractivity contribution in [1.29, 1.82) is 0 Å². The first-order valence-corrected chi connectivity index (χ1v) is 10.2. The quantitative estimate of drug-likeness (QED) is 0.588. The van der Waals surface area contributed by atoms with E-state index in [1.54, 1.807) is 4.90 Å². The molecule has 1 aliphatic rings. The maximum atomic E-state index is 12.6. The van der Waals surface area contributed by atoms with Gasteiger partial charge >= 0.3 is 6.09 Å². The molecule has 1 aliphatic heterocycles. The van der Waals surface area contributed by atoms with Crippen molar-refractivity contribution in [2.75, 3.05) is 13.1 Å². The highest BCUT2D eigenvalue weighted by atomic mass is 16.6. The van der Waals surface area contributed by atoms with Gasteiger partial charge in [0.25, 0.3) is 0 Å². The van der Waals surface area contributed by atoms with Crippen LogP contribution < -0.4 is 0 Å². The van der Waals surface area contributed by atoms with Gasteiger partial charge in [0.2, 0.25) is 0 Å². The van der Waals surface area contributed by atoms with Crippen LogP contribution in [0.25, 0.3) is 22.2 Å². The first kappa shape index (κ1) is 19.4. The van der Waals surface area contributed by atoms with E-state index in [0.29, 0.717) is 13.1 Å². The number of para-hydroxylation sites is 1. The van der Waals surface area contributed by atoms with Crippen molar-refractivity contribution < 1.29 is 9.53 Å². The highest BCUT2D eigenvalue weighted by Crippen LogP contribution is 2.31. The SMILES string of the molecule is CC(C)(C)OC(=O)N1CCCC(c2nc(-c3ccccc3)c3ccccc3n2)C1. The van der Waals surface area contributed by atoms with E-state index in [1.807, 2.05) is 57.2 Å². The van der Waals surface area contributed by atoms with Crippen LogP contribution in [0.4, 0.5) is 4.79 Å². The molecule has 0 radical (unpaired) electrons. The van der Waals surface area contributed by atoms with Crippen molar-refractivity contribution in [3.05, 3.63) is 60.4 Å². The van der Waals surface area contributed by atoms with Crippen LogP contribution in [0.15, 0.2) is 54.6 Å². The Bertz CT molecular complexity index is 1010. The predicted molar refractivity (Wildman–Crippen MR) is 115 cm³/mol. The molecule has 0 spiro atoms. The Balaban J connectivity index is 1.68. The van der Waals surface area contributed by atoms with E-state index in [4.69, 9.17) is 14.7 Å². The Morgan fingerprint density at radius 2 is 1.76 bits per heavy atom. The third-order valence-corrected chi connectivity index (χ3v) is 5.11. The Hall–Kier alpha value is -2.95. The van der Waals surface area contributed by atoms with E-state index < -0.39 is 5.60 Å². The number of amides is 1. The molecule has 0 bridgehead atoms. The average Bonchev–Trinajstić information content (AvgIpc) is 2.72. The van der Waals surface area contributed by atoms with Gasteiger partial charge in [-0.25, -0.2) is 14.8 Å². The van der Waals surface area contributed by atoms with E-state index in [0.717, 1.165) is 40.8 Å². The molecule has 29 heavy (non-hydrogen) atoms. The summed E-state index contributed by atoms with van der Waals surface area (Å²) in [6, 6.07) is 18.3. The van der Waals surface area contributed by atoms with Crippen LogP contribution in [0.2, 0.25) is 0 Å². The van der Waals surface area contributed by atoms with Gasteiger partial charge in [-0.05, 0) is 39.7 Å². The molecule has 1 fully saturated rings. The molecule has 2 aromatic carbocycles. The number of piperidine rings is 1. The maximum absolute atomic E-state index is 12.6. The Morgan fingerprint density at radius 3 is 2.52 bits per heavy atom. The van der Waals surface area contributed by atoms with Crippen molar-refractivity contribution in [3.63, 3.8) is 0 Å². The van der Waals surface area contributed by atoms with Crippen LogP contribution in [0.5, 0.6) is 0 Å². The third-order valence-electron chi connectivity index (χ3n) is 5.11.